The molecule has 1 aromatic carbocycles. The van der Waals surface area contributed by atoms with Gasteiger partial charge >= 0.3 is 0 Å². The van der Waals surface area contributed by atoms with E-state index < -0.39 is 0 Å². The number of rotatable bonds is 5. The van der Waals surface area contributed by atoms with Crippen molar-refractivity contribution in [1.82, 2.24) is 9.97 Å². The van der Waals surface area contributed by atoms with Crippen LogP contribution in [0.1, 0.15) is 26.7 Å². The van der Waals surface area contributed by atoms with Crippen molar-refractivity contribution >= 4 is 29.1 Å². The highest BCUT2D eigenvalue weighted by atomic mass is 16.2. The maximum atomic E-state index is 12.6. The number of piperidine rings is 1. The summed E-state index contributed by atoms with van der Waals surface area (Å²) in [6, 6.07) is 8.97. The number of carbonyl (C=O) groups is 2. The predicted molar refractivity (Wildman–Crippen MR) is 106 cm³/mol. The summed E-state index contributed by atoms with van der Waals surface area (Å²) in [5, 5.41) is 5.80. The molecule has 1 fully saturated rings. The summed E-state index contributed by atoms with van der Waals surface area (Å²) in [4.78, 5) is 35.0. The highest BCUT2D eigenvalue weighted by molar-refractivity contribution is 5.94. The van der Waals surface area contributed by atoms with E-state index in [1.54, 1.807) is 42.7 Å². The first-order valence-corrected chi connectivity index (χ1v) is 9.26. The topological polar surface area (TPSA) is 87.2 Å². The molecule has 7 nitrogen and oxygen atoms in total. The molecule has 2 amide bonds. The lowest BCUT2D eigenvalue weighted by Crippen LogP contribution is -2.41. The fourth-order valence-corrected chi connectivity index (χ4v) is 3.00. The second-order valence-electron chi connectivity index (χ2n) is 7.04. The molecule has 3 rings (SSSR count). The molecule has 1 aromatic heterocycles. The summed E-state index contributed by atoms with van der Waals surface area (Å²) >= 11 is 0. The number of nitrogens with zero attached hydrogens (tertiary/aromatic N) is 3. The number of nitrogens with one attached hydrogen (secondary N) is 2. The molecular weight excluding hydrogens is 342 g/mol. The van der Waals surface area contributed by atoms with Crippen molar-refractivity contribution in [3.05, 3.63) is 42.7 Å². The first-order valence-electron chi connectivity index (χ1n) is 9.26. The quantitative estimate of drug-likeness (QED) is 0.848. The van der Waals surface area contributed by atoms with Crippen LogP contribution in [0.4, 0.5) is 17.3 Å². The van der Waals surface area contributed by atoms with E-state index in [4.69, 9.17) is 0 Å². The molecule has 0 bridgehead atoms. The largest absolute Gasteiger partial charge is 0.340 e. The van der Waals surface area contributed by atoms with Gasteiger partial charge in [-0.3, -0.25) is 9.59 Å². The van der Waals surface area contributed by atoms with Crippen LogP contribution in [0, 0.1) is 11.8 Å². The van der Waals surface area contributed by atoms with Crippen LogP contribution in [0.5, 0.6) is 0 Å². The summed E-state index contributed by atoms with van der Waals surface area (Å²) in [6.07, 6.45) is 5.20. The van der Waals surface area contributed by atoms with E-state index >= 15 is 0 Å². The fraction of sp³-hybridized carbons (Fsp3) is 0.400. The molecule has 2 aromatic rings. The molecule has 0 spiro atoms. The van der Waals surface area contributed by atoms with Gasteiger partial charge in [-0.05, 0) is 43.2 Å². The van der Waals surface area contributed by atoms with Gasteiger partial charge in [-0.15, -0.1) is 0 Å². The number of hydrogen-bond donors (Lipinski definition) is 2. The molecule has 1 saturated heterocycles. The Balaban J connectivity index is 1.57. The summed E-state index contributed by atoms with van der Waals surface area (Å²) in [5.74, 6) is 0.446. The summed E-state index contributed by atoms with van der Waals surface area (Å²) in [7, 11) is 0. The van der Waals surface area contributed by atoms with Gasteiger partial charge in [-0.25, -0.2) is 9.97 Å². The van der Waals surface area contributed by atoms with Gasteiger partial charge in [0.15, 0.2) is 0 Å². The van der Waals surface area contributed by atoms with Gasteiger partial charge in [0.2, 0.25) is 17.8 Å². The first kappa shape index (κ1) is 18.8. The lowest BCUT2D eigenvalue weighted by molar-refractivity contribution is -0.120. The van der Waals surface area contributed by atoms with E-state index in [1.807, 2.05) is 13.8 Å². The molecule has 1 unspecified atom stereocenters. The maximum Gasteiger partial charge on any atom is 0.229 e. The highest BCUT2D eigenvalue weighted by Crippen LogP contribution is 2.22. The van der Waals surface area contributed by atoms with Crippen molar-refractivity contribution in [2.75, 3.05) is 28.6 Å². The van der Waals surface area contributed by atoms with Gasteiger partial charge in [0.25, 0.3) is 0 Å². The number of amides is 2. The van der Waals surface area contributed by atoms with Gasteiger partial charge in [0, 0.05) is 42.8 Å². The van der Waals surface area contributed by atoms with Crippen LogP contribution in [0.2, 0.25) is 0 Å². The van der Waals surface area contributed by atoms with Crippen LogP contribution in [0.3, 0.4) is 0 Å². The molecule has 1 aliphatic rings. The molecular formula is C20H25N5O2. The second kappa shape index (κ2) is 8.62. The zero-order valence-electron chi connectivity index (χ0n) is 15.7. The van der Waals surface area contributed by atoms with Crippen LogP contribution in [0.15, 0.2) is 42.7 Å². The molecule has 0 radical (unpaired) electrons. The van der Waals surface area contributed by atoms with Crippen LogP contribution in [-0.2, 0) is 9.59 Å². The van der Waals surface area contributed by atoms with Crippen LogP contribution in [-0.4, -0.2) is 34.9 Å². The summed E-state index contributed by atoms with van der Waals surface area (Å²) < 4.78 is 0. The van der Waals surface area contributed by atoms with Crippen molar-refractivity contribution < 1.29 is 9.59 Å². The average molecular weight is 367 g/mol. The second-order valence-corrected chi connectivity index (χ2v) is 7.04. The average Bonchev–Trinajstić information content (AvgIpc) is 2.70. The Kier molecular flexibility index (Phi) is 6.01. The van der Waals surface area contributed by atoms with Gasteiger partial charge in [0.1, 0.15) is 0 Å². The van der Waals surface area contributed by atoms with Gasteiger partial charge in [-0.1, -0.05) is 13.8 Å². The molecule has 1 atom stereocenters. The van der Waals surface area contributed by atoms with Crippen molar-refractivity contribution in [3.8, 4) is 0 Å². The van der Waals surface area contributed by atoms with Crippen molar-refractivity contribution in [2.45, 2.75) is 26.7 Å². The van der Waals surface area contributed by atoms with Crippen molar-refractivity contribution in [3.63, 3.8) is 0 Å². The van der Waals surface area contributed by atoms with E-state index in [9.17, 15) is 9.59 Å². The Morgan fingerprint density at radius 3 is 2.33 bits per heavy atom. The Labute approximate surface area is 159 Å². The third-order valence-corrected chi connectivity index (χ3v) is 4.57. The lowest BCUT2D eigenvalue weighted by atomic mass is 9.97. The molecule has 2 heterocycles. The Bertz CT molecular complexity index is 777. The maximum absolute atomic E-state index is 12.6. The number of hydrogen-bond acceptors (Lipinski definition) is 5. The fourth-order valence-electron chi connectivity index (χ4n) is 3.00. The smallest absolute Gasteiger partial charge is 0.229 e. The van der Waals surface area contributed by atoms with Crippen LogP contribution >= 0.6 is 0 Å². The molecule has 2 N–H and O–H groups in total. The van der Waals surface area contributed by atoms with E-state index in [0.29, 0.717) is 12.5 Å². The highest BCUT2D eigenvalue weighted by Gasteiger charge is 2.27. The molecule has 1 aliphatic heterocycles. The third-order valence-electron chi connectivity index (χ3n) is 4.57. The number of aromatic nitrogens is 2. The number of carbonyl (C=O) groups excluding carboxylic acids is 2. The monoisotopic (exact) mass is 367 g/mol. The third kappa shape index (κ3) is 5.03. The van der Waals surface area contributed by atoms with Gasteiger partial charge < -0.3 is 15.5 Å². The Morgan fingerprint density at radius 1 is 1.07 bits per heavy atom. The molecule has 27 heavy (non-hydrogen) atoms. The van der Waals surface area contributed by atoms with Gasteiger partial charge in [-0.2, -0.15) is 0 Å². The van der Waals surface area contributed by atoms with Crippen LogP contribution < -0.4 is 15.5 Å². The molecule has 142 valence electrons. The molecule has 7 heteroatoms. The van der Waals surface area contributed by atoms with E-state index in [-0.39, 0.29) is 23.7 Å². The molecule has 0 saturated carbocycles. The van der Waals surface area contributed by atoms with Crippen molar-refractivity contribution in [1.29, 1.82) is 0 Å². The van der Waals surface area contributed by atoms with Gasteiger partial charge in [0.05, 0.1) is 5.92 Å². The number of anilines is 3. The van der Waals surface area contributed by atoms with Crippen molar-refractivity contribution in [2.24, 2.45) is 11.8 Å². The minimum absolute atomic E-state index is 0.00500. The Hall–Kier alpha value is -2.96. The summed E-state index contributed by atoms with van der Waals surface area (Å²) in [6.45, 7) is 5.16. The standard InChI is InChI=1S/C20H25N5O2/c1-14(2)18(26)23-16-6-8-17(9-7-16)24-19(27)15-5-3-12-25(13-15)20-21-10-4-11-22-20/h4,6-11,14-15H,3,5,12-13H2,1-2H3,(H,23,26)(H,24,27). The normalized spacial score (nSPS) is 16.9. The van der Waals surface area contributed by atoms with E-state index in [1.165, 1.54) is 0 Å². The zero-order valence-corrected chi connectivity index (χ0v) is 15.7. The van der Waals surface area contributed by atoms with E-state index in [0.717, 1.165) is 30.8 Å². The van der Waals surface area contributed by atoms with Crippen LogP contribution in [0.25, 0.3) is 0 Å². The zero-order chi connectivity index (χ0) is 19.2. The SMILES string of the molecule is CC(C)C(=O)Nc1ccc(NC(=O)C2CCCN(c3ncccn3)C2)cc1. The minimum Gasteiger partial charge on any atom is -0.340 e. The number of benzene rings is 1. The lowest BCUT2D eigenvalue weighted by Gasteiger charge is -2.31. The molecule has 0 aliphatic carbocycles. The minimum atomic E-state index is -0.108. The van der Waals surface area contributed by atoms with E-state index in [2.05, 4.69) is 25.5 Å². The summed E-state index contributed by atoms with van der Waals surface area (Å²) in [5.41, 5.74) is 1.44. The first-order chi connectivity index (χ1) is 13.0. The Morgan fingerprint density at radius 2 is 1.70 bits per heavy atom. The predicted octanol–water partition coefficient (Wildman–Crippen LogP) is 2.93.